The summed E-state index contributed by atoms with van der Waals surface area (Å²) in [5.41, 5.74) is 0. The highest BCUT2D eigenvalue weighted by Gasteiger charge is 2.38. The zero-order valence-corrected chi connectivity index (χ0v) is 12.3. The molecule has 0 aromatic heterocycles. The second-order valence-electron chi connectivity index (χ2n) is 5.72. The highest BCUT2D eigenvalue weighted by atomic mass is 32.2. The van der Waals surface area contributed by atoms with E-state index in [-0.39, 0.29) is 0 Å². The van der Waals surface area contributed by atoms with Gasteiger partial charge < -0.3 is 5.32 Å². The minimum absolute atomic E-state index is 0.770. The first-order valence-corrected chi connectivity index (χ1v) is 8.68. The molecule has 0 aromatic rings. The lowest BCUT2D eigenvalue weighted by Crippen LogP contribution is -2.34. The number of rotatable bonds is 8. The minimum Gasteiger partial charge on any atom is -0.313 e. The number of nitrogens with one attached hydrogen (secondary N) is 1. The fraction of sp³-hybridized carbons (Fsp3) is 1.00. The SMILES string of the molecule is CSCCCCCNC1CC(C)N(C2CC2)C1. The van der Waals surface area contributed by atoms with Gasteiger partial charge >= 0.3 is 0 Å². The van der Waals surface area contributed by atoms with Gasteiger partial charge in [-0.05, 0) is 57.6 Å². The van der Waals surface area contributed by atoms with Gasteiger partial charge in [-0.15, -0.1) is 0 Å². The van der Waals surface area contributed by atoms with Gasteiger partial charge in [0.2, 0.25) is 0 Å². The van der Waals surface area contributed by atoms with Gasteiger partial charge in [0.05, 0.1) is 0 Å². The second-order valence-corrected chi connectivity index (χ2v) is 6.70. The number of likely N-dealkylation sites (tertiary alicyclic amines) is 1. The maximum absolute atomic E-state index is 3.75. The molecule has 0 spiro atoms. The number of hydrogen-bond acceptors (Lipinski definition) is 3. The zero-order chi connectivity index (χ0) is 12.1. The number of nitrogens with zero attached hydrogens (tertiary/aromatic N) is 1. The number of unbranched alkanes of at least 4 members (excludes halogenated alkanes) is 2. The van der Waals surface area contributed by atoms with Crippen LogP contribution in [0.1, 0.15) is 45.4 Å². The summed E-state index contributed by atoms with van der Waals surface area (Å²) in [6.07, 6.45) is 10.6. The van der Waals surface area contributed by atoms with Crippen LogP contribution in [0, 0.1) is 0 Å². The molecule has 0 amide bonds. The Morgan fingerprint density at radius 1 is 1.24 bits per heavy atom. The standard InChI is InChI=1S/C14H28N2S/c1-12-10-13(11-16(12)14-6-7-14)15-8-4-3-5-9-17-2/h12-15H,3-11H2,1-2H3. The summed E-state index contributed by atoms with van der Waals surface area (Å²) in [4.78, 5) is 2.73. The third-order valence-corrected chi connectivity index (χ3v) is 4.79. The Bertz CT molecular complexity index is 218. The molecule has 17 heavy (non-hydrogen) atoms. The fourth-order valence-electron chi connectivity index (χ4n) is 2.97. The maximum Gasteiger partial charge on any atom is 0.0210 e. The van der Waals surface area contributed by atoms with E-state index >= 15 is 0 Å². The Labute approximate surface area is 111 Å². The Morgan fingerprint density at radius 3 is 2.76 bits per heavy atom. The van der Waals surface area contributed by atoms with Crippen LogP contribution in [0.15, 0.2) is 0 Å². The summed E-state index contributed by atoms with van der Waals surface area (Å²) in [5, 5.41) is 3.75. The van der Waals surface area contributed by atoms with E-state index in [0.717, 1.165) is 18.1 Å². The smallest absolute Gasteiger partial charge is 0.0210 e. The summed E-state index contributed by atoms with van der Waals surface area (Å²) < 4.78 is 0. The monoisotopic (exact) mass is 256 g/mol. The summed E-state index contributed by atoms with van der Waals surface area (Å²) >= 11 is 1.97. The summed E-state index contributed by atoms with van der Waals surface area (Å²) in [6, 6.07) is 2.53. The topological polar surface area (TPSA) is 15.3 Å². The van der Waals surface area contributed by atoms with Crippen molar-refractivity contribution in [1.29, 1.82) is 0 Å². The lowest BCUT2D eigenvalue weighted by Gasteiger charge is -2.19. The highest BCUT2D eigenvalue weighted by molar-refractivity contribution is 7.98. The molecule has 1 aliphatic carbocycles. The summed E-state index contributed by atoms with van der Waals surface area (Å²) in [5.74, 6) is 1.33. The Hall–Kier alpha value is 0.270. The van der Waals surface area contributed by atoms with Crippen LogP contribution in [0.5, 0.6) is 0 Å². The average Bonchev–Trinajstić information content (AvgIpc) is 3.08. The van der Waals surface area contributed by atoms with Crippen LogP contribution in [0.3, 0.4) is 0 Å². The van der Waals surface area contributed by atoms with Crippen molar-refractivity contribution in [2.75, 3.05) is 25.1 Å². The maximum atomic E-state index is 3.75. The van der Waals surface area contributed by atoms with E-state index in [1.54, 1.807) is 0 Å². The van der Waals surface area contributed by atoms with Crippen molar-refractivity contribution in [3.05, 3.63) is 0 Å². The van der Waals surface area contributed by atoms with E-state index in [2.05, 4.69) is 23.4 Å². The van der Waals surface area contributed by atoms with Gasteiger partial charge in [0.15, 0.2) is 0 Å². The van der Waals surface area contributed by atoms with Crippen molar-refractivity contribution in [2.45, 2.75) is 63.6 Å². The molecule has 3 heteroatoms. The molecule has 1 heterocycles. The largest absolute Gasteiger partial charge is 0.313 e. The van der Waals surface area contributed by atoms with Crippen LogP contribution < -0.4 is 5.32 Å². The van der Waals surface area contributed by atoms with Crippen molar-refractivity contribution < 1.29 is 0 Å². The summed E-state index contributed by atoms with van der Waals surface area (Å²) in [6.45, 7) is 4.93. The minimum atomic E-state index is 0.770. The van der Waals surface area contributed by atoms with E-state index in [1.165, 1.54) is 57.4 Å². The van der Waals surface area contributed by atoms with Gasteiger partial charge in [0.25, 0.3) is 0 Å². The van der Waals surface area contributed by atoms with Crippen molar-refractivity contribution in [3.8, 4) is 0 Å². The second kappa shape index (κ2) is 7.01. The van der Waals surface area contributed by atoms with E-state index in [0.29, 0.717) is 0 Å². The Kier molecular flexibility index (Phi) is 5.64. The molecule has 1 N–H and O–H groups in total. The van der Waals surface area contributed by atoms with Crippen LogP contribution in [0.2, 0.25) is 0 Å². The normalized spacial score (nSPS) is 30.0. The summed E-state index contributed by atoms with van der Waals surface area (Å²) in [7, 11) is 0. The van der Waals surface area contributed by atoms with Gasteiger partial charge in [-0.3, -0.25) is 4.90 Å². The van der Waals surface area contributed by atoms with E-state index in [9.17, 15) is 0 Å². The number of hydrogen-bond donors (Lipinski definition) is 1. The molecule has 2 atom stereocenters. The highest BCUT2D eigenvalue weighted by Crippen LogP contribution is 2.33. The molecule has 2 nitrogen and oxygen atoms in total. The molecular weight excluding hydrogens is 228 g/mol. The molecule has 0 radical (unpaired) electrons. The third-order valence-electron chi connectivity index (χ3n) is 4.10. The van der Waals surface area contributed by atoms with E-state index in [4.69, 9.17) is 0 Å². The van der Waals surface area contributed by atoms with Crippen LogP contribution in [0.4, 0.5) is 0 Å². The molecule has 1 aliphatic heterocycles. The molecule has 2 fully saturated rings. The van der Waals surface area contributed by atoms with Gasteiger partial charge in [-0.2, -0.15) is 11.8 Å². The van der Waals surface area contributed by atoms with Crippen LogP contribution in [-0.4, -0.2) is 48.1 Å². The lowest BCUT2D eigenvalue weighted by molar-refractivity contribution is 0.255. The molecule has 1 saturated heterocycles. The van der Waals surface area contributed by atoms with Crippen molar-refractivity contribution >= 4 is 11.8 Å². The van der Waals surface area contributed by atoms with Gasteiger partial charge in [0.1, 0.15) is 0 Å². The molecular formula is C14H28N2S. The van der Waals surface area contributed by atoms with Crippen molar-refractivity contribution in [1.82, 2.24) is 10.2 Å². The van der Waals surface area contributed by atoms with E-state index in [1.807, 2.05) is 11.8 Å². The Morgan fingerprint density at radius 2 is 2.06 bits per heavy atom. The molecule has 0 aromatic carbocycles. The Balaban J connectivity index is 1.52. The van der Waals surface area contributed by atoms with Crippen LogP contribution in [-0.2, 0) is 0 Å². The average molecular weight is 256 g/mol. The first-order valence-electron chi connectivity index (χ1n) is 7.29. The predicted octanol–water partition coefficient (Wildman–Crippen LogP) is 2.73. The van der Waals surface area contributed by atoms with Gasteiger partial charge in [0, 0.05) is 24.7 Å². The van der Waals surface area contributed by atoms with Crippen molar-refractivity contribution in [2.24, 2.45) is 0 Å². The fourth-order valence-corrected chi connectivity index (χ4v) is 3.47. The quantitative estimate of drug-likeness (QED) is 0.672. The number of thioether (sulfide) groups is 1. The van der Waals surface area contributed by atoms with Crippen LogP contribution in [0.25, 0.3) is 0 Å². The molecule has 2 unspecified atom stereocenters. The molecule has 2 aliphatic rings. The zero-order valence-electron chi connectivity index (χ0n) is 11.5. The third kappa shape index (κ3) is 4.46. The molecule has 0 bridgehead atoms. The molecule has 100 valence electrons. The first-order chi connectivity index (χ1) is 8.31. The molecule has 2 rings (SSSR count). The van der Waals surface area contributed by atoms with Crippen LogP contribution >= 0.6 is 11.8 Å². The van der Waals surface area contributed by atoms with Gasteiger partial charge in [-0.1, -0.05) is 6.42 Å². The van der Waals surface area contributed by atoms with E-state index < -0.39 is 0 Å². The first kappa shape index (κ1) is 13.7. The lowest BCUT2D eigenvalue weighted by atomic mass is 10.2. The van der Waals surface area contributed by atoms with Gasteiger partial charge in [-0.25, -0.2) is 0 Å². The molecule has 1 saturated carbocycles. The predicted molar refractivity (Wildman–Crippen MR) is 77.8 cm³/mol. The van der Waals surface area contributed by atoms with Crippen molar-refractivity contribution in [3.63, 3.8) is 0 Å².